The molecule has 0 aliphatic carbocycles. The highest BCUT2D eigenvalue weighted by Crippen LogP contribution is 2.35. The highest BCUT2D eigenvalue weighted by Gasteiger charge is 2.29. The lowest BCUT2D eigenvalue weighted by Gasteiger charge is -2.25. The van der Waals surface area contributed by atoms with Crippen LogP contribution in [-0.4, -0.2) is 55.4 Å². The zero-order valence-corrected chi connectivity index (χ0v) is 21.7. The van der Waals surface area contributed by atoms with Crippen LogP contribution >= 0.6 is 0 Å². The number of benzene rings is 3. The summed E-state index contributed by atoms with van der Waals surface area (Å²) < 4.78 is 38.8. The molecule has 3 rings (SSSR count). The molecule has 0 aromatic heterocycles. The average Bonchev–Trinajstić information content (AvgIpc) is 2.87. The monoisotopic (exact) mass is 510 g/mol. The van der Waals surface area contributed by atoms with E-state index in [9.17, 15) is 13.2 Å². The number of hydrogen-bond acceptors (Lipinski definition) is 7. The normalized spacial score (nSPS) is 11.2. The van der Waals surface area contributed by atoms with Gasteiger partial charge in [-0.2, -0.15) is 5.10 Å². The Morgan fingerprint density at radius 2 is 1.64 bits per heavy atom. The van der Waals surface area contributed by atoms with Crippen molar-refractivity contribution in [2.75, 3.05) is 44.1 Å². The molecule has 0 aliphatic heterocycles. The molecule has 10 heteroatoms. The molecule has 0 fully saturated rings. The van der Waals surface area contributed by atoms with Crippen LogP contribution in [-0.2, 0) is 14.8 Å². The summed E-state index contributed by atoms with van der Waals surface area (Å²) in [7, 11) is 2.68. The van der Waals surface area contributed by atoms with Crippen molar-refractivity contribution >= 4 is 33.5 Å². The second-order valence-electron chi connectivity index (χ2n) is 8.14. The molecule has 0 aliphatic rings. The number of nitrogens with zero attached hydrogens (tertiary/aromatic N) is 3. The summed E-state index contributed by atoms with van der Waals surface area (Å²) >= 11 is 0. The van der Waals surface area contributed by atoms with Gasteiger partial charge in [0.1, 0.15) is 18.0 Å². The fourth-order valence-electron chi connectivity index (χ4n) is 3.33. The Bertz CT molecular complexity index is 1320. The van der Waals surface area contributed by atoms with Crippen molar-refractivity contribution in [3.63, 3.8) is 0 Å². The van der Waals surface area contributed by atoms with Crippen LogP contribution < -0.4 is 24.1 Å². The van der Waals surface area contributed by atoms with Gasteiger partial charge in [0.2, 0.25) is 0 Å². The minimum Gasteiger partial charge on any atom is -0.497 e. The predicted octanol–water partition coefficient (Wildman–Crippen LogP) is 3.42. The van der Waals surface area contributed by atoms with E-state index in [1.54, 1.807) is 24.3 Å². The molecule has 3 aromatic rings. The van der Waals surface area contributed by atoms with Gasteiger partial charge >= 0.3 is 0 Å². The molecule has 0 saturated carbocycles. The number of anilines is 2. The first kappa shape index (κ1) is 26.6. The lowest BCUT2D eigenvalue weighted by atomic mass is 10.2. The van der Waals surface area contributed by atoms with E-state index in [1.807, 2.05) is 50.2 Å². The molecule has 0 atom stereocenters. The van der Waals surface area contributed by atoms with Crippen LogP contribution in [0.1, 0.15) is 11.1 Å². The zero-order chi connectivity index (χ0) is 26.3. The molecule has 0 saturated heterocycles. The van der Waals surface area contributed by atoms with Crippen molar-refractivity contribution in [2.24, 2.45) is 5.10 Å². The van der Waals surface area contributed by atoms with Crippen molar-refractivity contribution in [1.82, 2.24) is 5.43 Å². The summed E-state index contributed by atoms with van der Waals surface area (Å²) in [4.78, 5) is 14.8. The maximum absolute atomic E-state index is 13.6. The number of rotatable bonds is 10. The van der Waals surface area contributed by atoms with Gasteiger partial charge in [-0.25, -0.2) is 13.8 Å². The summed E-state index contributed by atoms with van der Waals surface area (Å²) in [6, 6.07) is 18.7. The largest absolute Gasteiger partial charge is 0.497 e. The maximum Gasteiger partial charge on any atom is 0.264 e. The Morgan fingerprint density at radius 1 is 0.972 bits per heavy atom. The van der Waals surface area contributed by atoms with E-state index in [2.05, 4.69) is 10.5 Å². The van der Waals surface area contributed by atoms with Crippen molar-refractivity contribution in [2.45, 2.75) is 11.8 Å². The zero-order valence-electron chi connectivity index (χ0n) is 20.9. The third-order valence-electron chi connectivity index (χ3n) is 5.36. The first-order valence-corrected chi connectivity index (χ1v) is 12.5. The van der Waals surface area contributed by atoms with E-state index >= 15 is 0 Å². The van der Waals surface area contributed by atoms with Crippen molar-refractivity contribution in [3.8, 4) is 11.5 Å². The van der Waals surface area contributed by atoms with Crippen LogP contribution in [0.15, 0.2) is 76.7 Å². The molecule has 9 nitrogen and oxygen atoms in total. The van der Waals surface area contributed by atoms with Crippen LogP contribution in [0.2, 0.25) is 0 Å². The summed E-state index contributed by atoms with van der Waals surface area (Å²) in [6.45, 7) is 1.34. The number of sulfonamides is 1. The molecule has 0 spiro atoms. The highest BCUT2D eigenvalue weighted by molar-refractivity contribution is 7.92. The lowest BCUT2D eigenvalue weighted by molar-refractivity contribution is -0.119. The Morgan fingerprint density at radius 3 is 2.22 bits per heavy atom. The number of ether oxygens (including phenoxy) is 2. The van der Waals surface area contributed by atoms with E-state index in [1.165, 1.54) is 38.6 Å². The van der Waals surface area contributed by atoms with Crippen LogP contribution in [0, 0.1) is 6.92 Å². The van der Waals surface area contributed by atoms with Crippen molar-refractivity contribution < 1.29 is 22.7 Å². The van der Waals surface area contributed by atoms with Gasteiger partial charge in [0.15, 0.2) is 0 Å². The van der Waals surface area contributed by atoms with Gasteiger partial charge in [0.05, 0.1) is 31.0 Å². The second-order valence-corrected chi connectivity index (χ2v) is 10.0. The number of aryl methyl sites for hydroxylation is 1. The van der Waals surface area contributed by atoms with Crippen LogP contribution in [0.25, 0.3) is 0 Å². The standard InChI is InChI=1S/C26H30N4O5S/c1-19-6-13-23(14-7-19)36(32,33)30(24-15-12-22(34-4)16-25(24)35-5)18-26(31)28-27-17-20-8-10-21(11-9-20)29(2)3/h6-17H,18H2,1-5H3,(H,28,31)/b27-17-. The van der Waals surface area contributed by atoms with Crippen LogP contribution in [0.5, 0.6) is 11.5 Å². The maximum atomic E-state index is 13.6. The van der Waals surface area contributed by atoms with Gasteiger partial charge in [-0.15, -0.1) is 0 Å². The van der Waals surface area contributed by atoms with Gasteiger partial charge in [-0.1, -0.05) is 29.8 Å². The minimum absolute atomic E-state index is 0.0447. The van der Waals surface area contributed by atoms with Crippen molar-refractivity contribution in [3.05, 3.63) is 77.9 Å². The van der Waals surface area contributed by atoms with E-state index < -0.39 is 22.5 Å². The van der Waals surface area contributed by atoms with Crippen LogP contribution in [0.4, 0.5) is 11.4 Å². The molecule has 1 amide bonds. The number of amides is 1. The second kappa shape index (κ2) is 11.6. The molecule has 1 N–H and O–H groups in total. The lowest BCUT2D eigenvalue weighted by Crippen LogP contribution is -2.39. The molecular formula is C26H30N4O5S. The van der Waals surface area contributed by atoms with Crippen molar-refractivity contribution in [1.29, 1.82) is 0 Å². The summed E-state index contributed by atoms with van der Waals surface area (Å²) in [6.07, 6.45) is 1.49. The summed E-state index contributed by atoms with van der Waals surface area (Å²) in [5.74, 6) is 0.102. The smallest absolute Gasteiger partial charge is 0.264 e. The Balaban J connectivity index is 1.88. The Labute approximate surface area is 212 Å². The molecular weight excluding hydrogens is 480 g/mol. The number of carbonyl (C=O) groups excluding carboxylic acids is 1. The third kappa shape index (κ3) is 6.33. The quantitative estimate of drug-likeness (QED) is 0.331. The Kier molecular flexibility index (Phi) is 8.55. The van der Waals surface area contributed by atoms with Crippen LogP contribution in [0.3, 0.4) is 0 Å². The molecule has 36 heavy (non-hydrogen) atoms. The predicted molar refractivity (Wildman–Crippen MR) is 142 cm³/mol. The molecule has 3 aromatic carbocycles. The van der Waals surface area contributed by atoms with E-state index in [4.69, 9.17) is 9.47 Å². The fraction of sp³-hybridized carbons (Fsp3) is 0.231. The fourth-order valence-corrected chi connectivity index (χ4v) is 4.76. The molecule has 0 heterocycles. The van der Waals surface area contributed by atoms with Gasteiger partial charge in [-0.3, -0.25) is 9.10 Å². The molecule has 0 unspecified atom stereocenters. The first-order valence-electron chi connectivity index (χ1n) is 11.1. The number of nitrogens with one attached hydrogen (secondary N) is 1. The minimum atomic E-state index is -4.11. The number of hydrazone groups is 1. The topological polar surface area (TPSA) is 101 Å². The van der Waals surface area contributed by atoms with E-state index in [-0.39, 0.29) is 16.3 Å². The average molecular weight is 511 g/mol. The number of methoxy groups -OCH3 is 2. The first-order chi connectivity index (χ1) is 17.1. The van der Waals surface area contributed by atoms with Gasteiger partial charge in [-0.05, 0) is 48.9 Å². The number of hydrogen-bond donors (Lipinski definition) is 1. The third-order valence-corrected chi connectivity index (χ3v) is 7.14. The van der Waals surface area contributed by atoms with Gasteiger partial charge in [0.25, 0.3) is 15.9 Å². The van der Waals surface area contributed by atoms with Gasteiger partial charge in [0, 0.05) is 25.8 Å². The summed E-state index contributed by atoms with van der Waals surface area (Å²) in [5.41, 5.74) is 5.32. The molecule has 0 bridgehead atoms. The Hall–Kier alpha value is -4.05. The van der Waals surface area contributed by atoms with E-state index in [0.29, 0.717) is 5.75 Å². The van der Waals surface area contributed by atoms with Gasteiger partial charge < -0.3 is 14.4 Å². The highest BCUT2D eigenvalue weighted by atomic mass is 32.2. The number of carbonyl (C=O) groups is 1. The molecule has 190 valence electrons. The summed E-state index contributed by atoms with van der Waals surface area (Å²) in [5, 5.41) is 3.99. The SMILES string of the molecule is COc1ccc(N(CC(=O)N/N=C\c2ccc(N(C)C)cc2)S(=O)(=O)c2ccc(C)cc2)c(OC)c1. The van der Waals surface area contributed by atoms with E-state index in [0.717, 1.165) is 21.1 Å². The molecule has 0 radical (unpaired) electrons.